The SMILES string of the molecule is CCOC(=O)c1cncc(-c2ccc(F)c(C(F)F)c2)n1. The summed E-state index contributed by atoms with van der Waals surface area (Å²) in [5.74, 6) is -1.66. The molecule has 0 fully saturated rings. The van der Waals surface area contributed by atoms with E-state index in [9.17, 15) is 18.0 Å². The first-order valence-corrected chi connectivity index (χ1v) is 6.10. The largest absolute Gasteiger partial charge is 0.461 e. The summed E-state index contributed by atoms with van der Waals surface area (Å²) in [7, 11) is 0. The Morgan fingerprint density at radius 3 is 2.76 bits per heavy atom. The predicted octanol–water partition coefficient (Wildman–Crippen LogP) is 3.40. The van der Waals surface area contributed by atoms with E-state index in [0.29, 0.717) is 0 Å². The summed E-state index contributed by atoms with van der Waals surface area (Å²) >= 11 is 0. The Hall–Kier alpha value is -2.44. The zero-order valence-corrected chi connectivity index (χ0v) is 11.0. The molecule has 0 spiro atoms. The Bertz CT molecular complexity index is 662. The van der Waals surface area contributed by atoms with Crippen LogP contribution in [0.25, 0.3) is 11.3 Å². The van der Waals surface area contributed by atoms with Gasteiger partial charge in [-0.05, 0) is 25.1 Å². The highest BCUT2D eigenvalue weighted by Gasteiger charge is 2.16. The maximum atomic E-state index is 13.3. The highest BCUT2D eigenvalue weighted by atomic mass is 19.3. The molecular weight excluding hydrogens is 285 g/mol. The number of hydrogen-bond acceptors (Lipinski definition) is 4. The van der Waals surface area contributed by atoms with Gasteiger partial charge in [0.25, 0.3) is 6.43 Å². The van der Waals surface area contributed by atoms with Crippen LogP contribution >= 0.6 is 0 Å². The molecule has 0 saturated carbocycles. The lowest BCUT2D eigenvalue weighted by Crippen LogP contribution is -2.08. The number of rotatable bonds is 4. The summed E-state index contributed by atoms with van der Waals surface area (Å²) in [5, 5.41) is 0. The average molecular weight is 296 g/mol. The van der Waals surface area contributed by atoms with Gasteiger partial charge in [0.2, 0.25) is 0 Å². The first-order valence-electron chi connectivity index (χ1n) is 6.10. The minimum atomic E-state index is -2.94. The van der Waals surface area contributed by atoms with Crippen LogP contribution < -0.4 is 0 Å². The molecule has 2 rings (SSSR count). The normalized spacial score (nSPS) is 10.7. The number of carbonyl (C=O) groups is 1. The fourth-order valence-corrected chi connectivity index (χ4v) is 1.68. The van der Waals surface area contributed by atoms with Crippen molar-refractivity contribution in [1.82, 2.24) is 9.97 Å². The van der Waals surface area contributed by atoms with Gasteiger partial charge in [0.05, 0.1) is 30.3 Å². The Kier molecular flexibility index (Phi) is 4.52. The zero-order valence-electron chi connectivity index (χ0n) is 11.0. The molecule has 0 N–H and O–H groups in total. The van der Waals surface area contributed by atoms with Crippen LogP contribution in [0.5, 0.6) is 0 Å². The lowest BCUT2D eigenvalue weighted by Gasteiger charge is -2.07. The van der Waals surface area contributed by atoms with Crippen molar-refractivity contribution in [2.24, 2.45) is 0 Å². The summed E-state index contributed by atoms with van der Waals surface area (Å²) in [5.41, 5.74) is -0.346. The zero-order chi connectivity index (χ0) is 15.4. The van der Waals surface area contributed by atoms with Crippen LogP contribution in [0.1, 0.15) is 29.4 Å². The fourth-order valence-electron chi connectivity index (χ4n) is 1.68. The molecule has 0 aliphatic rings. The highest BCUT2D eigenvalue weighted by Crippen LogP contribution is 2.27. The summed E-state index contributed by atoms with van der Waals surface area (Å²) in [4.78, 5) is 19.4. The molecule has 110 valence electrons. The minimum Gasteiger partial charge on any atom is -0.461 e. The van der Waals surface area contributed by atoms with E-state index in [1.807, 2.05) is 0 Å². The third-order valence-corrected chi connectivity index (χ3v) is 2.65. The molecule has 0 radical (unpaired) electrons. The van der Waals surface area contributed by atoms with Crippen LogP contribution in [-0.4, -0.2) is 22.5 Å². The van der Waals surface area contributed by atoms with E-state index in [4.69, 9.17) is 4.74 Å². The van der Waals surface area contributed by atoms with Gasteiger partial charge in [-0.25, -0.2) is 22.9 Å². The summed E-state index contributed by atoms with van der Waals surface area (Å²) in [6.07, 6.45) is -0.435. The van der Waals surface area contributed by atoms with E-state index in [2.05, 4.69) is 9.97 Å². The molecule has 0 unspecified atom stereocenters. The number of ether oxygens (including phenoxy) is 1. The maximum Gasteiger partial charge on any atom is 0.358 e. The van der Waals surface area contributed by atoms with Gasteiger partial charge in [0, 0.05) is 5.56 Å². The number of halogens is 3. The topological polar surface area (TPSA) is 52.1 Å². The number of carbonyl (C=O) groups excluding carboxylic acids is 1. The molecule has 2 aromatic rings. The molecular formula is C14H11F3N2O2. The average Bonchev–Trinajstić information content (AvgIpc) is 2.48. The van der Waals surface area contributed by atoms with Crippen LogP contribution in [0, 0.1) is 5.82 Å². The quantitative estimate of drug-likeness (QED) is 0.811. The smallest absolute Gasteiger partial charge is 0.358 e. The van der Waals surface area contributed by atoms with Crippen molar-refractivity contribution in [3.63, 3.8) is 0 Å². The second kappa shape index (κ2) is 6.34. The van der Waals surface area contributed by atoms with E-state index < -0.39 is 23.8 Å². The lowest BCUT2D eigenvalue weighted by molar-refractivity contribution is 0.0519. The van der Waals surface area contributed by atoms with Gasteiger partial charge in [-0.3, -0.25) is 4.98 Å². The monoisotopic (exact) mass is 296 g/mol. The van der Waals surface area contributed by atoms with Crippen molar-refractivity contribution in [2.75, 3.05) is 6.61 Å². The van der Waals surface area contributed by atoms with Gasteiger partial charge in [-0.1, -0.05) is 0 Å². The Labute approximate surface area is 118 Å². The van der Waals surface area contributed by atoms with Crippen molar-refractivity contribution in [1.29, 1.82) is 0 Å². The molecule has 1 aromatic carbocycles. The van der Waals surface area contributed by atoms with Crippen molar-refractivity contribution in [3.05, 3.63) is 47.7 Å². The molecule has 0 aliphatic heterocycles. The minimum absolute atomic E-state index is 0.0442. The molecule has 1 aromatic heterocycles. The third kappa shape index (κ3) is 3.36. The number of hydrogen-bond donors (Lipinski definition) is 0. The molecule has 1 heterocycles. The summed E-state index contributed by atoms with van der Waals surface area (Å²) < 4.78 is 43.4. The second-order valence-electron chi connectivity index (χ2n) is 4.05. The van der Waals surface area contributed by atoms with E-state index >= 15 is 0 Å². The molecule has 0 amide bonds. The van der Waals surface area contributed by atoms with Gasteiger partial charge in [-0.2, -0.15) is 0 Å². The van der Waals surface area contributed by atoms with Gasteiger partial charge >= 0.3 is 5.97 Å². The third-order valence-electron chi connectivity index (χ3n) is 2.65. The Morgan fingerprint density at radius 2 is 2.10 bits per heavy atom. The fraction of sp³-hybridized carbons (Fsp3) is 0.214. The molecule has 21 heavy (non-hydrogen) atoms. The number of benzene rings is 1. The molecule has 0 aliphatic carbocycles. The first-order chi connectivity index (χ1) is 10.0. The number of esters is 1. The Morgan fingerprint density at radius 1 is 1.33 bits per heavy atom. The van der Waals surface area contributed by atoms with Gasteiger partial charge in [0.15, 0.2) is 5.69 Å². The first kappa shape index (κ1) is 15.0. The van der Waals surface area contributed by atoms with Gasteiger partial charge in [-0.15, -0.1) is 0 Å². The molecule has 7 heteroatoms. The molecule has 0 saturated heterocycles. The predicted molar refractivity (Wildman–Crippen MR) is 68.3 cm³/mol. The van der Waals surface area contributed by atoms with E-state index in [1.165, 1.54) is 18.5 Å². The van der Waals surface area contributed by atoms with Crippen LogP contribution in [0.3, 0.4) is 0 Å². The maximum absolute atomic E-state index is 13.3. The molecule has 0 atom stereocenters. The molecule has 0 bridgehead atoms. The number of aromatic nitrogens is 2. The number of nitrogens with zero attached hydrogens (tertiary/aromatic N) is 2. The standard InChI is InChI=1S/C14H11F3N2O2/c1-2-21-14(20)12-7-18-6-11(19-12)8-3-4-10(15)9(5-8)13(16)17/h3-7,13H,2H2,1H3. The summed E-state index contributed by atoms with van der Waals surface area (Å²) in [6.45, 7) is 1.82. The van der Waals surface area contributed by atoms with E-state index in [-0.39, 0.29) is 23.6 Å². The van der Waals surface area contributed by atoms with Crippen LogP contribution in [0.4, 0.5) is 13.2 Å². The highest BCUT2D eigenvalue weighted by molar-refractivity contribution is 5.87. The van der Waals surface area contributed by atoms with E-state index in [0.717, 1.165) is 12.1 Å². The summed E-state index contributed by atoms with van der Waals surface area (Å²) in [6, 6.07) is 3.20. The van der Waals surface area contributed by atoms with Crippen molar-refractivity contribution in [3.8, 4) is 11.3 Å². The lowest BCUT2D eigenvalue weighted by atomic mass is 10.1. The van der Waals surface area contributed by atoms with Crippen molar-refractivity contribution >= 4 is 5.97 Å². The van der Waals surface area contributed by atoms with Crippen LogP contribution in [0.15, 0.2) is 30.6 Å². The number of alkyl halides is 2. The second-order valence-corrected chi connectivity index (χ2v) is 4.05. The van der Waals surface area contributed by atoms with Gasteiger partial charge < -0.3 is 4.74 Å². The van der Waals surface area contributed by atoms with Crippen molar-refractivity contribution in [2.45, 2.75) is 13.3 Å². The molecule has 4 nitrogen and oxygen atoms in total. The van der Waals surface area contributed by atoms with Crippen LogP contribution in [-0.2, 0) is 4.74 Å². The van der Waals surface area contributed by atoms with Crippen molar-refractivity contribution < 1.29 is 22.7 Å². The Balaban J connectivity index is 2.40. The van der Waals surface area contributed by atoms with Crippen LogP contribution in [0.2, 0.25) is 0 Å². The van der Waals surface area contributed by atoms with E-state index in [1.54, 1.807) is 6.92 Å². The van der Waals surface area contributed by atoms with Gasteiger partial charge in [0.1, 0.15) is 5.82 Å².